The van der Waals surface area contributed by atoms with Crippen molar-refractivity contribution in [2.24, 2.45) is 0 Å². The fraction of sp³-hybridized carbons (Fsp3) is 0.722. The van der Waals surface area contributed by atoms with E-state index in [4.69, 9.17) is 0 Å². The van der Waals surface area contributed by atoms with Gasteiger partial charge in [-0.2, -0.15) is 21.4 Å². The first kappa shape index (κ1) is 17.1. The van der Waals surface area contributed by atoms with Gasteiger partial charge in [-0.25, -0.2) is 0 Å². The SMILES string of the molecule is CC(C)c1cc(NC2CCN(C3CCSCC3)CC2)c2nncn2n1. The minimum absolute atomic E-state index is 0.387. The Morgan fingerprint density at radius 2 is 1.92 bits per heavy atom. The zero-order chi connectivity index (χ0) is 17.2. The molecule has 2 aliphatic rings. The van der Waals surface area contributed by atoms with Crippen LogP contribution in [0.2, 0.25) is 0 Å². The summed E-state index contributed by atoms with van der Waals surface area (Å²) in [7, 11) is 0. The smallest absolute Gasteiger partial charge is 0.200 e. The van der Waals surface area contributed by atoms with Gasteiger partial charge >= 0.3 is 0 Å². The number of hydrogen-bond acceptors (Lipinski definition) is 6. The lowest BCUT2D eigenvalue weighted by Gasteiger charge is -2.39. The van der Waals surface area contributed by atoms with Crippen molar-refractivity contribution in [3.8, 4) is 0 Å². The maximum absolute atomic E-state index is 4.60. The number of thioether (sulfide) groups is 1. The van der Waals surface area contributed by atoms with Gasteiger partial charge in [0.2, 0.25) is 5.65 Å². The molecule has 6 nitrogen and oxygen atoms in total. The van der Waals surface area contributed by atoms with E-state index in [0.717, 1.165) is 23.1 Å². The summed E-state index contributed by atoms with van der Waals surface area (Å²) in [6, 6.07) is 3.48. The molecule has 0 aromatic carbocycles. The lowest BCUT2D eigenvalue weighted by Crippen LogP contribution is -2.45. The van der Waals surface area contributed by atoms with Gasteiger partial charge in [0.15, 0.2) is 0 Å². The van der Waals surface area contributed by atoms with Gasteiger partial charge in [0.1, 0.15) is 6.33 Å². The predicted octanol–water partition coefficient (Wildman–Crippen LogP) is 3.02. The van der Waals surface area contributed by atoms with E-state index in [1.807, 2.05) is 0 Å². The summed E-state index contributed by atoms with van der Waals surface area (Å²) < 4.78 is 1.80. The maximum Gasteiger partial charge on any atom is 0.200 e. The number of nitrogens with zero attached hydrogens (tertiary/aromatic N) is 5. The highest BCUT2D eigenvalue weighted by atomic mass is 32.2. The van der Waals surface area contributed by atoms with Crippen LogP contribution in [-0.2, 0) is 0 Å². The summed E-state index contributed by atoms with van der Waals surface area (Å²) in [5, 5.41) is 16.6. The predicted molar refractivity (Wildman–Crippen MR) is 103 cm³/mol. The van der Waals surface area contributed by atoms with Crippen molar-refractivity contribution in [1.82, 2.24) is 24.7 Å². The van der Waals surface area contributed by atoms with Crippen LogP contribution in [0.1, 0.15) is 51.1 Å². The number of rotatable bonds is 4. The summed E-state index contributed by atoms with van der Waals surface area (Å²) >= 11 is 2.11. The Morgan fingerprint density at radius 3 is 2.64 bits per heavy atom. The van der Waals surface area contributed by atoms with Crippen molar-refractivity contribution < 1.29 is 0 Å². The van der Waals surface area contributed by atoms with E-state index in [1.165, 1.54) is 50.3 Å². The summed E-state index contributed by atoms with van der Waals surface area (Å²) in [6.07, 6.45) is 6.82. The molecular weight excluding hydrogens is 332 g/mol. The van der Waals surface area contributed by atoms with Gasteiger partial charge in [0.05, 0.1) is 11.4 Å². The van der Waals surface area contributed by atoms with E-state index in [0.29, 0.717) is 12.0 Å². The van der Waals surface area contributed by atoms with Crippen molar-refractivity contribution in [3.63, 3.8) is 0 Å². The zero-order valence-electron chi connectivity index (χ0n) is 15.2. The van der Waals surface area contributed by atoms with E-state index in [2.05, 4.69) is 57.2 Å². The van der Waals surface area contributed by atoms with Crippen molar-refractivity contribution in [2.75, 3.05) is 29.9 Å². The highest BCUT2D eigenvalue weighted by molar-refractivity contribution is 7.99. The molecule has 7 heteroatoms. The molecule has 4 rings (SSSR count). The van der Waals surface area contributed by atoms with Crippen LogP contribution in [0.25, 0.3) is 5.65 Å². The number of fused-ring (bicyclic) bond motifs is 1. The quantitative estimate of drug-likeness (QED) is 0.904. The Bertz CT molecular complexity index is 701. The van der Waals surface area contributed by atoms with Crippen LogP contribution in [0.15, 0.2) is 12.4 Å². The first-order valence-corrected chi connectivity index (χ1v) is 10.7. The van der Waals surface area contributed by atoms with Gasteiger partial charge in [-0.1, -0.05) is 13.8 Å². The van der Waals surface area contributed by atoms with Crippen LogP contribution in [0.5, 0.6) is 0 Å². The molecule has 0 radical (unpaired) electrons. The lowest BCUT2D eigenvalue weighted by molar-refractivity contribution is 0.148. The summed E-state index contributed by atoms with van der Waals surface area (Å²) in [6.45, 7) is 6.75. The van der Waals surface area contributed by atoms with Crippen LogP contribution in [-0.4, -0.2) is 61.4 Å². The number of piperidine rings is 1. The molecule has 0 saturated carbocycles. The van der Waals surface area contributed by atoms with Crippen molar-refractivity contribution in [2.45, 2.75) is 57.5 Å². The van der Waals surface area contributed by atoms with E-state index < -0.39 is 0 Å². The third-order valence-electron chi connectivity index (χ3n) is 5.47. The van der Waals surface area contributed by atoms with E-state index >= 15 is 0 Å². The molecule has 2 aliphatic heterocycles. The lowest BCUT2D eigenvalue weighted by atomic mass is 10.0. The number of nitrogens with one attached hydrogen (secondary N) is 1. The van der Waals surface area contributed by atoms with Gasteiger partial charge in [0.25, 0.3) is 0 Å². The average molecular weight is 361 g/mol. The molecule has 0 unspecified atom stereocenters. The normalized spacial score (nSPS) is 21.2. The van der Waals surface area contributed by atoms with Gasteiger partial charge in [-0.15, -0.1) is 10.2 Å². The molecule has 2 saturated heterocycles. The van der Waals surface area contributed by atoms with Gasteiger partial charge in [-0.3, -0.25) is 0 Å². The molecule has 0 atom stereocenters. The second kappa shape index (κ2) is 7.50. The number of anilines is 1. The monoisotopic (exact) mass is 360 g/mol. The third-order valence-corrected chi connectivity index (χ3v) is 6.52. The van der Waals surface area contributed by atoms with Crippen LogP contribution in [0, 0.1) is 0 Å². The maximum atomic E-state index is 4.60. The van der Waals surface area contributed by atoms with Crippen LogP contribution in [0.4, 0.5) is 5.69 Å². The molecule has 0 aliphatic carbocycles. The zero-order valence-corrected chi connectivity index (χ0v) is 16.0. The van der Waals surface area contributed by atoms with Gasteiger partial charge in [-0.05, 0) is 49.2 Å². The number of likely N-dealkylation sites (tertiary alicyclic amines) is 1. The average Bonchev–Trinajstić information content (AvgIpc) is 3.12. The second-order valence-electron chi connectivity index (χ2n) is 7.53. The molecule has 2 fully saturated rings. The molecule has 0 spiro atoms. The Balaban J connectivity index is 1.43. The fourth-order valence-corrected chi connectivity index (χ4v) is 5.00. The molecule has 25 heavy (non-hydrogen) atoms. The second-order valence-corrected chi connectivity index (χ2v) is 8.76. The Morgan fingerprint density at radius 1 is 1.16 bits per heavy atom. The molecular formula is C18H28N6S. The van der Waals surface area contributed by atoms with Crippen LogP contribution >= 0.6 is 11.8 Å². The molecule has 0 amide bonds. The number of hydrogen-bond donors (Lipinski definition) is 1. The largest absolute Gasteiger partial charge is 0.379 e. The van der Waals surface area contributed by atoms with Gasteiger partial charge in [0, 0.05) is 25.2 Å². The van der Waals surface area contributed by atoms with Crippen LogP contribution in [0.3, 0.4) is 0 Å². The number of aromatic nitrogens is 4. The summed E-state index contributed by atoms with van der Waals surface area (Å²) in [4.78, 5) is 2.72. The van der Waals surface area contributed by atoms with Crippen molar-refractivity contribution in [1.29, 1.82) is 0 Å². The highest BCUT2D eigenvalue weighted by Gasteiger charge is 2.26. The van der Waals surface area contributed by atoms with Crippen molar-refractivity contribution in [3.05, 3.63) is 18.1 Å². The first-order valence-electron chi connectivity index (χ1n) is 9.50. The van der Waals surface area contributed by atoms with E-state index in [1.54, 1.807) is 10.8 Å². The minimum atomic E-state index is 0.387. The summed E-state index contributed by atoms with van der Waals surface area (Å²) in [5.74, 6) is 3.06. The molecule has 2 aromatic heterocycles. The van der Waals surface area contributed by atoms with E-state index in [9.17, 15) is 0 Å². The standard InChI is InChI=1S/C18H28N6S/c1-13(2)16-11-17(18-21-19-12-24(18)22-16)20-14-3-7-23(8-4-14)15-5-9-25-10-6-15/h11-15,20H,3-10H2,1-2H3. The first-order chi connectivity index (χ1) is 12.2. The minimum Gasteiger partial charge on any atom is -0.379 e. The van der Waals surface area contributed by atoms with E-state index in [-0.39, 0.29) is 0 Å². The van der Waals surface area contributed by atoms with Gasteiger partial charge < -0.3 is 10.2 Å². The molecule has 2 aromatic rings. The Labute approximate surface area is 153 Å². The molecule has 1 N–H and O–H groups in total. The highest BCUT2D eigenvalue weighted by Crippen LogP contribution is 2.27. The third kappa shape index (κ3) is 3.77. The molecule has 4 heterocycles. The summed E-state index contributed by atoms with van der Waals surface area (Å²) in [5.41, 5.74) is 2.98. The Hall–Kier alpha value is -1.34. The van der Waals surface area contributed by atoms with Crippen LogP contribution < -0.4 is 5.32 Å². The molecule has 136 valence electrons. The van der Waals surface area contributed by atoms with Crippen molar-refractivity contribution >= 4 is 23.1 Å². The topological polar surface area (TPSA) is 58.3 Å². The fourth-order valence-electron chi connectivity index (χ4n) is 3.91. The molecule has 0 bridgehead atoms. The Kier molecular flexibility index (Phi) is 5.12.